The highest BCUT2D eigenvalue weighted by Crippen LogP contribution is 2.29. The largest absolute Gasteiger partial charge is 0.508 e. The fourth-order valence-electron chi connectivity index (χ4n) is 1.35. The van der Waals surface area contributed by atoms with Crippen LogP contribution in [0.25, 0.3) is 0 Å². The summed E-state index contributed by atoms with van der Waals surface area (Å²) in [6.07, 6.45) is 0. The highest BCUT2D eigenvalue weighted by Gasteiger charge is 2.01. The number of phenolic OH excluding ortho intramolecular Hbond substituents is 1. The van der Waals surface area contributed by atoms with Crippen LogP contribution >= 0.6 is 11.8 Å². The Morgan fingerprint density at radius 1 is 1.24 bits per heavy atom. The molecule has 2 aromatic rings. The molecule has 1 heterocycles. The number of hydrogen-bond acceptors (Lipinski definition) is 4. The van der Waals surface area contributed by atoms with Gasteiger partial charge in [-0.25, -0.2) is 4.98 Å². The molecule has 0 amide bonds. The lowest BCUT2D eigenvalue weighted by Gasteiger charge is -2.04. The average molecular weight is 247 g/mol. The summed E-state index contributed by atoms with van der Waals surface area (Å²) in [7, 11) is 0. The van der Waals surface area contributed by atoms with Gasteiger partial charge in [0, 0.05) is 11.0 Å². The first-order valence-corrected chi connectivity index (χ1v) is 6.16. The van der Waals surface area contributed by atoms with Gasteiger partial charge in [-0.15, -0.1) is 0 Å². The zero-order chi connectivity index (χ0) is 12.1. The second-order valence-electron chi connectivity index (χ2n) is 3.35. The average Bonchev–Trinajstić information content (AvgIpc) is 2.30. The Kier molecular flexibility index (Phi) is 3.88. The standard InChI is InChI=1S/C13H13NO2S/c1-2-16-12-7-4-8-13(14-12)17-11-6-3-5-10(15)9-11/h3-9,15H,2H2,1H3. The molecule has 1 N–H and O–H groups in total. The monoisotopic (exact) mass is 247 g/mol. The van der Waals surface area contributed by atoms with Gasteiger partial charge in [0.2, 0.25) is 5.88 Å². The van der Waals surface area contributed by atoms with E-state index in [9.17, 15) is 5.11 Å². The van der Waals surface area contributed by atoms with Gasteiger partial charge >= 0.3 is 0 Å². The van der Waals surface area contributed by atoms with Gasteiger partial charge in [-0.05, 0) is 31.2 Å². The molecule has 1 aromatic heterocycles. The van der Waals surface area contributed by atoms with E-state index in [1.54, 1.807) is 12.1 Å². The Labute approximate surface area is 104 Å². The molecule has 0 saturated carbocycles. The highest BCUT2D eigenvalue weighted by molar-refractivity contribution is 7.99. The number of phenols is 1. The molecule has 17 heavy (non-hydrogen) atoms. The van der Waals surface area contributed by atoms with Gasteiger partial charge in [-0.3, -0.25) is 0 Å². The first kappa shape index (κ1) is 11.8. The summed E-state index contributed by atoms with van der Waals surface area (Å²) in [5.41, 5.74) is 0. The van der Waals surface area contributed by atoms with Crippen LogP contribution in [0, 0.1) is 0 Å². The normalized spacial score (nSPS) is 10.2. The molecule has 2 rings (SSSR count). The summed E-state index contributed by atoms with van der Waals surface area (Å²) >= 11 is 1.49. The molecule has 0 radical (unpaired) electrons. The van der Waals surface area contributed by atoms with Crippen LogP contribution in [0.1, 0.15) is 6.92 Å². The molecular formula is C13H13NO2S. The number of nitrogens with zero attached hydrogens (tertiary/aromatic N) is 1. The van der Waals surface area contributed by atoms with Crippen LogP contribution in [0.3, 0.4) is 0 Å². The molecule has 0 fully saturated rings. The Bertz CT molecular complexity index is 502. The van der Waals surface area contributed by atoms with Crippen molar-refractivity contribution in [1.82, 2.24) is 4.98 Å². The van der Waals surface area contributed by atoms with Crippen molar-refractivity contribution in [3.63, 3.8) is 0 Å². The summed E-state index contributed by atoms with van der Waals surface area (Å²) in [5.74, 6) is 0.883. The van der Waals surface area contributed by atoms with Crippen molar-refractivity contribution >= 4 is 11.8 Å². The maximum Gasteiger partial charge on any atom is 0.214 e. The van der Waals surface area contributed by atoms with Crippen LogP contribution in [-0.4, -0.2) is 16.7 Å². The SMILES string of the molecule is CCOc1cccc(Sc2cccc(O)c2)n1. The quantitative estimate of drug-likeness (QED) is 0.899. The minimum atomic E-state index is 0.260. The molecule has 0 aliphatic heterocycles. The Balaban J connectivity index is 2.15. The summed E-state index contributed by atoms with van der Waals surface area (Å²) < 4.78 is 5.33. The number of benzene rings is 1. The van der Waals surface area contributed by atoms with E-state index in [1.807, 2.05) is 37.3 Å². The predicted octanol–water partition coefficient (Wildman–Crippen LogP) is 3.34. The lowest BCUT2D eigenvalue weighted by atomic mass is 10.3. The van der Waals surface area contributed by atoms with E-state index in [2.05, 4.69) is 4.98 Å². The van der Waals surface area contributed by atoms with E-state index < -0.39 is 0 Å². The molecule has 1 aromatic carbocycles. The minimum absolute atomic E-state index is 0.260. The second kappa shape index (κ2) is 5.59. The first-order valence-electron chi connectivity index (χ1n) is 5.34. The van der Waals surface area contributed by atoms with Crippen LogP contribution in [0.2, 0.25) is 0 Å². The first-order chi connectivity index (χ1) is 8.28. The van der Waals surface area contributed by atoms with Crippen molar-refractivity contribution in [3.8, 4) is 11.6 Å². The fourth-order valence-corrected chi connectivity index (χ4v) is 2.20. The smallest absolute Gasteiger partial charge is 0.214 e. The Hall–Kier alpha value is -1.68. The van der Waals surface area contributed by atoms with Crippen molar-refractivity contribution in [2.45, 2.75) is 16.8 Å². The van der Waals surface area contributed by atoms with E-state index in [0.717, 1.165) is 9.92 Å². The molecule has 0 aliphatic carbocycles. The molecular weight excluding hydrogens is 234 g/mol. The lowest BCUT2D eigenvalue weighted by molar-refractivity contribution is 0.324. The molecule has 0 saturated heterocycles. The lowest BCUT2D eigenvalue weighted by Crippen LogP contribution is -1.94. The fraction of sp³-hybridized carbons (Fsp3) is 0.154. The minimum Gasteiger partial charge on any atom is -0.508 e. The van der Waals surface area contributed by atoms with Gasteiger partial charge in [-0.2, -0.15) is 0 Å². The Morgan fingerprint density at radius 2 is 2.06 bits per heavy atom. The van der Waals surface area contributed by atoms with Crippen molar-refractivity contribution in [3.05, 3.63) is 42.5 Å². The zero-order valence-corrected chi connectivity index (χ0v) is 10.3. The molecule has 0 spiro atoms. The number of hydrogen-bond donors (Lipinski definition) is 1. The zero-order valence-electron chi connectivity index (χ0n) is 9.46. The Morgan fingerprint density at radius 3 is 2.82 bits per heavy atom. The maximum atomic E-state index is 9.37. The molecule has 0 unspecified atom stereocenters. The number of rotatable bonds is 4. The van der Waals surface area contributed by atoms with Crippen LogP contribution in [0.15, 0.2) is 52.4 Å². The van der Waals surface area contributed by atoms with Crippen molar-refractivity contribution in [2.75, 3.05) is 6.61 Å². The van der Waals surface area contributed by atoms with Gasteiger partial charge in [0.15, 0.2) is 0 Å². The summed E-state index contributed by atoms with van der Waals surface area (Å²) in [6.45, 7) is 2.53. The second-order valence-corrected chi connectivity index (χ2v) is 4.44. The van der Waals surface area contributed by atoms with E-state index in [0.29, 0.717) is 12.5 Å². The number of ether oxygens (including phenoxy) is 1. The third kappa shape index (κ3) is 3.39. The molecule has 0 aliphatic rings. The number of pyridine rings is 1. The van der Waals surface area contributed by atoms with Crippen molar-refractivity contribution < 1.29 is 9.84 Å². The number of aromatic nitrogens is 1. The third-order valence-electron chi connectivity index (χ3n) is 2.03. The number of aromatic hydroxyl groups is 1. The van der Waals surface area contributed by atoms with Crippen LogP contribution in [0.4, 0.5) is 0 Å². The van der Waals surface area contributed by atoms with E-state index in [4.69, 9.17) is 4.74 Å². The van der Waals surface area contributed by atoms with Crippen LogP contribution in [-0.2, 0) is 0 Å². The van der Waals surface area contributed by atoms with Crippen molar-refractivity contribution in [2.24, 2.45) is 0 Å². The van der Waals surface area contributed by atoms with Gasteiger partial charge in [0.25, 0.3) is 0 Å². The topological polar surface area (TPSA) is 42.4 Å². The van der Waals surface area contributed by atoms with E-state index in [-0.39, 0.29) is 5.75 Å². The summed E-state index contributed by atoms with van der Waals surface area (Å²) in [4.78, 5) is 5.30. The van der Waals surface area contributed by atoms with Gasteiger partial charge in [-0.1, -0.05) is 23.9 Å². The molecule has 4 heteroatoms. The van der Waals surface area contributed by atoms with E-state index >= 15 is 0 Å². The predicted molar refractivity (Wildman–Crippen MR) is 67.6 cm³/mol. The van der Waals surface area contributed by atoms with E-state index in [1.165, 1.54) is 11.8 Å². The summed E-state index contributed by atoms with van der Waals surface area (Å²) in [6, 6.07) is 12.7. The highest BCUT2D eigenvalue weighted by atomic mass is 32.2. The van der Waals surface area contributed by atoms with Crippen LogP contribution < -0.4 is 4.74 Å². The van der Waals surface area contributed by atoms with Crippen LogP contribution in [0.5, 0.6) is 11.6 Å². The molecule has 0 atom stereocenters. The summed E-state index contributed by atoms with van der Waals surface area (Å²) in [5, 5.41) is 10.2. The molecule has 3 nitrogen and oxygen atoms in total. The van der Waals surface area contributed by atoms with Gasteiger partial charge < -0.3 is 9.84 Å². The van der Waals surface area contributed by atoms with Gasteiger partial charge in [0.1, 0.15) is 10.8 Å². The molecule has 0 bridgehead atoms. The third-order valence-corrected chi connectivity index (χ3v) is 2.96. The van der Waals surface area contributed by atoms with Gasteiger partial charge in [0.05, 0.1) is 6.61 Å². The molecule has 88 valence electrons. The van der Waals surface area contributed by atoms with Crippen molar-refractivity contribution in [1.29, 1.82) is 0 Å². The maximum absolute atomic E-state index is 9.37.